The number of carbonyl (C=O) groups is 1. The number of carbonyl (C=O) groups excluding carboxylic acids is 1. The molecule has 0 aromatic heterocycles. The lowest BCUT2D eigenvalue weighted by Gasteiger charge is -2.36. The second-order valence-corrected chi connectivity index (χ2v) is 4.80. The number of methoxy groups -OCH3 is 1. The second kappa shape index (κ2) is 5.93. The molecule has 5 nitrogen and oxygen atoms in total. The Morgan fingerprint density at radius 3 is 2.26 bits per heavy atom. The van der Waals surface area contributed by atoms with Crippen LogP contribution in [0.2, 0.25) is 0 Å². The van der Waals surface area contributed by atoms with E-state index >= 15 is 0 Å². The van der Waals surface area contributed by atoms with Gasteiger partial charge in [-0.05, 0) is 31.2 Å². The largest absolute Gasteiger partial charge is 0.497 e. The quantitative estimate of drug-likeness (QED) is 0.871. The van der Waals surface area contributed by atoms with E-state index in [1.54, 1.807) is 14.0 Å². The zero-order chi connectivity index (χ0) is 13.8. The molecule has 1 heterocycles. The third kappa shape index (κ3) is 3.17. The predicted molar refractivity (Wildman–Crippen MR) is 75.4 cm³/mol. The molecule has 104 valence electrons. The maximum absolute atomic E-state index is 11.8. The first-order chi connectivity index (χ1) is 9.11. The van der Waals surface area contributed by atoms with E-state index in [-0.39, 0.29) is 5.91 Å². The van der Waals surface area contributed by atoms with Crippen LogP contribution in [0.5, 0.6) is 5.75 Å². The van der Waals surface area contributed by atoms with Crippen molar-refractivity contribution >= 4 is 11.6 Å². The lowest BCUT2D eigenvalue weighted by molar-refractivity contribution is -0.132. The molecule has 0 saturated carbocycles. The monoisotopic (exact) mass is 263 g/mol. The number of amides is 1. The molecule has 1 aliphatic rings. The molecule has 1 atom stereocenters. The second-order valence-electron chi connectivity index (χ2n) is 4.80. The van der Waals surface area contributed by atoms with E-state index in [0.717, 1.165) is 37.6 Å². The van der Waals surface area contributed by atoms with Gasteiger partial charge in [-0.25, -0.2) is 0 Å². The van der Waals surface area contributed by atoms with Gasteiger partial charge in [-0.2, -0.15) is 0 Å². The van der Waals surface area contributed by atoms with E-state index in [1.165, 1.54) is 0 Å². The van der Waals surface area contributed by atoms with Crippen LogP contribution in [0.4, 0.5) is 5.69 Å². The van der Waals surface area contributed by atoms with Crippen LogP contribution in [0.1, 0.15) is 6.92 Å². The normalized spacial score (nSPS) is 17.2. The Hall–Kier alpha value is -1.75. The summed E-state index contributed by atoms with van der Waals surface area (Å²) in [4.78, 5) is 15.9. The summed E-state index contributed by atoms with van der Waals surface area (Å²) in [7, 11) is 1.66. The number of anilines is 1. The molecule has 1 amide bonds. The zero-order valence-electron chi connectivity index (χ0n) is 11.5. The summed E-state index contributed by atoms with van der Waals surface area (Å²) >= 11 is 0. The molecule has 1 aromatic carbocycles. The topological polar surface area (TPSA) is 58.8 Å². The van der Waals surface area contributed by atoms with Crippen molar-refractivity contribution in [3.8, 4) is 5.75 Å². The van der Waals surface area contributed by atoms with Crippen LogP contribution >= 0.6 is 0 Å². The fourth-order valence-corrected chi connectivity index (χ4v) is 2.27. The van der Waals surface area contributed by atoms with Crippen LogP contribution in [-0.4, -0.2) is 50.1 Å². The van der Waals surface area contributed by atoms with Crippen molar-refractivity contribution in [3.05, 3.63) is 24.3 Å². The predicted octanol–water partition coefficient (Wildman–Crippen LogP) is 0.691. The first kappa shape index (κ1) is 13.7. The molecule has 1 saturated heterocycles. The van der Waals surface area contributed by atoms with Gasteiger partial charge in [-0.1, -0.05) is 0 Å². The molecule has 1 fully saturated rings. The molecule has 0 unspecified atom stereocenters. The van der Waals surface area contributed by atoms with Crippen molar-refractivity contribution in [3.63, 3.8) is 0 Å². The number of benzene rings is 1. The maximum Gasteiger partial charge on any atom is 0.239 e. The highest BCUT2D eigenvalue weighted by molar-refractivity contribution is 5.81. The minimum absolute atomic E-state index is 0.0365. The van der Waals surface area contributed by atoms with Gasteiger partial charge >= 0.3 is 0 Å². The number of nitrogens with zero attached hydrogens (tertiary/aromatic N) is 2. The summed E-state index contributed by atoms with van der Waals surface area (Å²) in [6.45, 7) is 4.87. The molecule has 0 radical (unpaired) electrons. The lowest BCUT2D eigenvalue weighted by Crippen LogP contribution is -2.52. The number of rotatable bonds is 3. The summed E-state index contributed by atoms with van der Waals surface area (Å²) in [6.07, 6.45) is 0. The summed E-state index contributed by atoms with van der Waals surface area (Å²) in [5.74, 6) is 0.893. The number of hydrogen-bond acceptors (Lipinski definition) is 4. The Balaban J connectivity index is 1.94. The van der Waals surface area contributed by atoms with Crippen molar-refractivity contribution in [1.29, 1.82) is 0 Å². The van der Waals surface area contributed by atoms with E-state index in [2.05, 4.69) is 4.90 Å². The Bertz CT molecular complexity index is 423. The van der Waals surface area contributed by atoms with Gasteiger partial charge < -0.3 is 20.3 Å². The van der Waals surface area contributed by atoms with Gasteiger partial charge in [-0.15, -0.1) is 0 Å². The van der Waals surface area contributed by atoms with Crippen molar-refractivity contribution in [1.82, 2.24) is 4.90 Å². The highest BCUT2D eigenvalue weighted by Crippen LogP contribution is 2.20. The molecule has 1 aliphatic heterocycles. The Kier molecular flexibility index (Phi) is 4.27. The van der Waals surface area contributed by atoms with E-state index in [0.29, 0.717) is 0 Å². The van der Waals surface area contributed by atoms with Crippen LogP contribution in [0.3, 0.4) is 0 Å². The molecular formula is C14H21N3O2. The fraction of sp³-hybridized carbons (Fsp3) is 0.500. The molecule has 0 aliphatic carbocycles. The van der Waals surface area contributed by atoms with Crippen molar-refractivity contribution in [2.24, 2.45) is 5.73 Å². The lowest BCUT2D eigenvalue weighted by atomic mass is 10.2. The Morgan fingerprint density at radius 1 is 1.21 bits per heavy atom. The van der Waals surface area contributed by atoms with E-state index in [1.807, 2.05) is 29.2 Å². The standard InChI is InChI=1S/C14H21N3O2/c1-11(15)14(18)17-9-7-16(8-10-17)12-3-5-13(19-2)6-4-12/h3-6,11H,7-10,15H2,1-2H3/t11-/m0/s1. The van der Waals surface area contributed by atoms with Gasteiger partial charge in [0.2, 0.25) is 5.91 Å². The molecule has 0 spiro atoms. The number of nitrogens with two attached hydrogens (primary N) is 1. The van der Waals surface area contributed by atoms with Gasteiger partial charge in [0.05, 0.1) is 13.2 Å². The van der Waals surface area contributed by atoms with Crippen LogP contribution in [-0.2, 0) is 4.79 Å². The molecule has 1 aromatic rings. The average Bonchev–Trinajstić information content (AvgIpc) is 2.46. The van der Waals surface area contributed by atoms with Crippen LogP contribution < -0.4 is 15.4 Å². The average molecular weight is 263 g/mol. The molecule has 2 N–H and O–H groups in total. The highest BCUT2D eigenvalue weighted by Gasteiger charge is 2.23. The van der Waals surface area contributed by atoms with E-state index in [4.69, 9.17) is 10.5 Å². The maximum atomic E-state index is 11.8. The van der Waals surface area contributed by atoms with E-state index in [9.17, 15) is 4.79 Å². The van der Waals surface area contributed by atoms with Gasteiger partial charge in [0.1, 0.15) is 5.75 Å². The third-order valence-corrected chi connectivity index (χ3v) is 3.42. The van der Waals surface area contributed by atoms with E-state index < -0.39 is 6.04 Å². The summed E-state index contributed by atoms with van der Waals surface area (Å²) in [5.41, 5.74) is 6.79. The first-order valence-corrected chi connectivity index (χ1v) is 6.55. The van der Waals surface area contributed by atoms with Crippen molar-refractivity contribution in [2.45, 2.75) is 13.0 Å². The Morgan fingerprint density at radius 2 is 1.79 bits per heavy atom. The van der Waals surface area contributed by atoms with Crippen LogP contribution in [0, 0.1) is 0 Å². The smallest absolute Gasteiger partial charge is 0.239 e. The van der Waals surface area contributed by atoms with Crippen molar-refractivity contribution in [2.75, 3.05) is 38.2 Å². The first-order valence-electron chi connectivity index (χ1n) is 6.55. The minimum Gasteiger partial charge on any atom is -0.497 e. The Labute approximate surface area is 113 Å². The number of hydrogen-bond donors (Lipinski definition) is 1. The molecule has 0 bridgehead atoms. The summed E-state index contributed by atoms with van der Waals surface area (Å²) in [6, 6.07) is 7.58. The molecular weight excluding hydrogens is 242 g/mol. The minimum atomic E-state index is -0.410. The van der Waals surface area contributed by atoms with Crippen LogP contribution in [0.15, 0.2) is 24.3 Å². The summed E-state index contributed by atoms with van der Waals surface area (Å²) < 4.78 is 5.15. The highest BCUT2D eigenvalue weighted by atomic mass is 16.5. The van der Waals surface area contributed by atoms with Gasteiger partial charge in [-0.3, -0.25) is 4.79 Å². The van der Waals surface area contributed by atoms with Gasteiger partial charge in [0.25, 0.3) is 0 Å². The van der Waals surface area contributed by atoms with Gasteiger partial charge in [0.15, 0.2) is 0 Å². The van der Waals surface area contributed by atoms with Crippen LogP contribution in [0.25, 0.3) is 0 Å². The summed E-state index contributed by atoms with van der Waals surface area (Å²) in [5, 5.41) is 0. The zero-order valence-corrected chi connectivity index (χ0v) is 11.5. The van der Waals surface area contributed by atoms with Crippen molar-refractivity contribution < 1.29 is 9.53 Å². The number of ether oxygens (including phenoxy) is 1. The van der Waals surface area contributed by atoms with Gasteiger partial charge in [0, 0.05) is 31.9 Å². The SMILES string of the molecule is COc1ccc(N2CCN(C(=O)[C@H](C)N)CC2)cc1. The number of piperazine rings is 1. The molecule has 5 heteroatoms. The third-order valence-electron chi connectivity index (χ3n) is 3.42. The molecule has 19 heavy (non-hydrogen) atoms. The fourth-order valence-electron chi connectivity index (χ4n) is 2.27. The molecule has 2 rings (SSSR count).